The van der Waals surface area contributed by atoms with Gasteiger partial charge in [-0.2, -0.15) is 13.2 Å². The Morgan fingerprint density at radius 2 is 1.83 bits per heavy atom. The van der Waals surface area contributed by atoms with Crippen molar-refractivity contribution in [1.82, 2.24) is 4.90 Å². The van der Waals surface area contributed by atoms with Crippen LogP contribution in [-0.4, -0.2) is 38.9 Å². The lowest BCUT2D eigenvalue weighted by molar-refractivity contribution is -0.137. The smallest absolute Gasteiger partial charge is 0.339 e. The molecule has 154 valence electrons. The summed E-state index contributed by atoms with van der Waals surface area (Å²) in [6, 6.07) is 9.59. The van der Waals surface area contributed by atoms with Crippen LogP contribution in [0.5, 0.6) is 0 Å². The van der Waals surface area contributed by atoms with E-state index in [1.165, 1.54) is 36.4 Å². The van der Waals surface area contributed by atoms with Crippen molar-refractivity contribution in [2.45, 2.75) is 17.5 Å². The number of alkyl halides is 3. The number of hydrogen-bond acceptors (Lipinski definition) is 3. The van der Waals surface area contributed by atoms with Gasteiger partial charge in [0.1, 0.15) is 0 Å². The highest BCUT2D eigenvalue weighted by Gasteiger charge is 2.32. The fraction of sp³-hybridized carbons (Fsp3) is 0.250. The molecule has 0 unspecified atom stereocenters. The predicted octanol–water partition coefficient (Wildman–Crippen LogP) is 3.93. The maximum atomic E-state index is 13.2. The lowest BCUT2D eigenvalue weighted by atomic mass is 10.1. The Hall–Kier alpha value is -2.81. The molecule has 2 aromatic rings. The number of carbonyl (C=O) groups excluding carboxylic acids is 1. The summed E-state index contributed by atoms with van der Waals surface area (Å²) in [5.41, 5.74) is -0.881. The Bertz CT molecular complexity index is 1030. The van der Waals surface area contributed by atoms with Gasteiger partial charge in [0.15, 0.2) is 0 Å². The summed E-state index contributed by atoms with van der Waals surface area (Å²) in [4.78, 5) is 13.8. The zero-order chi connectivity index (χ0) is 21.2. The number of sulfonamides is 1. The topological polar surface area (TPSA) is 57.7 Å². The Kier molecular flexibility index (Phi) is 5.70. The molecule has 1 saturated heterocycles. The van der Waals surface area contributed by atoms with E-state index in [0.29, 0.717) is 13.1 Å². The van der Waals surface area contributed by atoms with Crippen LogP contribution in [0.1, 0.15) is 22.3 Å². The first-order chi connectivity index (χ1) is 13.6. The van der Waals surface area contributed by atoms with Gasteiger partial charge in [-0.1, -0.05) is 18.2 Å². The second kappa shape index (κ2) is 7.90. The third-order valence-corrected chi connectivity index (χ3v) is 6.36. The van der Waals surface area contributed by atoms with Gasteiger partial charge in [-0.25, -0.2) is 8.42 Å². The molecule has 0 aromatic heterocycles. The normalized spacial score (nSPS) is 14.2. The molecule has 0 saturated carbocycles. The molecule has 1 aliphatic rings. The van der Waals surface area contributed by atoms with Crippen LogP contribution >= 0.6 is 0 Å². The van der Waals surface area contributed by atoms with Crippen molar-refractivity contribution in [1.29, 1.82) is 0 Å². The summed E-state index contributed by atoms with van der Waals surface area (Å²) in [5, 5.41) is 0. The van der Waals surface area contributed by atoms with Gasteiger partial charge in [-0.3, -0.25) is 9.10 Å². The van der Waals surface area contributed by atoms with Crippen molar-refractivity contribution in [3.63, 3.8) is 0 Å². The van der Waals surface area contributed by atoms with Crippen molar-refractivity contribution in [2.24, 2.45) is 0 Å². The number of rotatable bonds is 6. The maximum absolute atomic E-state index is 13.2. The Labute approximate surface area is 167 Å². The third kappa shape index (κ3) is 4.29. The number of carbonyl (C=O) groups is 1. The fourth-order valence-corrected chi connectivity index (χ4v) is 4.39. The highest BCUT2D eigenvalue weighted by molar-refractivity contribution is 7.92. The van der Waals surface area contributed by atoms with E-state index in [9.17, 15) is 26.4 Å². The highest BCUT2D eigenvalue weighted by Crippen LogP contribution is 2.33. The lowest BCUT2D eigenvalue weighted by Crippen LogP contribution is -2.42. The molecular weight excluding hydrogens is 405 g/mol. The summed E-state index contributed by atoms with van der Waals surface area (Å²) in [6.07, 6.45) is -2.43. The Morgan fingerprint density at radius 3 is 2.41 bits per heavy atom. The van der Waals surface area contributed by atoms with Crippen LogP contribution < -0.4 is 4.31 Å². The average molecular weight is 424 g/mol. The van der Waals surface area contributed by atoms with Crippen molar-refractivity contribution in [3.8, 4) is 0 Å². The van der Waals surface area contributed by atoms with Gasteiger partial charge < -0.3 is 4.90 Å². The first-order valence-electron chi connectivity index (χ1n) is 8.85. The monoisotopic (exact) mass is 424 g/mol. The molecule has 29 heavy (non-hydrogen) atoms. The molecule has 1 aliphatic heterocycles. The summed E-state index contributed by atoms with van der Waals surface area (Å²) < 4.78 is 66.4. The molecule has 0 atom stereocenters. The molecule has 1 fully saturated rings. The number of amides is 1. The maximum Gasteiger partial charge on any atom is 0.416 e. The van der Waals surface area contributed by atoms with Crippen LogP contribution in [-0.2, 0) is 16.2 Å². The highest BCUT2D eigenvalue weighted by atomic mass is 32.2. The number of nitrogens with zero attached hydrogens (tertiary/aromatic N) is 2. The predicted molar refractivity (Wildman–Crippen MR) is 103 cm³/mol. The molecule has 9 heteroatoms. The van der Waals surface area contributed by atoms with Crippen molar-refractivity contribution >= 4 is 21.6 Å². The molecule has 0 aliphatic carbocycles. The minimum absolute atomic E-state index is 0.140. The molecule has 3 rings (SSSR count). The molecule has 5 nitrogen and oxygen atoms in total. The number of anilines is 1. The van der Waals surface area contributed by atoms with Gasteiger partial charge in [0.2, 0.25) is 0 Å². The van der Waals surface area contributed by atoms with Crippen LogP contribution in [0.25, 0.3) is 0 Å². The van der Waals surface area contributed by atoms with Crippen LogP contribution in [0.15, 0.2) is 66.1 Å². The largest absolute Gasteiger partial charge is 0.416 e. The first kappa shape index (κ1) is 20.9. The first-order valence-corrected chi connectivity index (χ1v) is 10.3. The third-order valence-electron chi connectivity index (χ3n) is 4.57. The number of halogens is 3. The second-order valence-corrected chi connectivity index (χ2v) is 8.41. The summed E-state index contributed by atoms with van der Waals surface area (Å²) >= 11 is 0. The van der Waals surface area contributed by atoms with Crippen LogP contribution in [0.2, 0.25) is 0 Å². The van der Waals surface area contributed by atoms with E-state index in [2.05, 4.69) is 6.58 Å². The lowest BCUT2D eigenvalue weighted by Gasteiger charge is -2.31. The number of benzene rings is 2. The summed E-state index contributed by atoms with van der Waals surface area (Å²) in [5.74, 6) is -0.275. The zero-order valence-electron chi connectivity index (χ0n) is 15.4. The van der Waals surface area contributed by atoms with E-state index >= 15 is 0 Å². The summed E-state index contributed by atoms with van der Waals surface area (Å²) in [7, 11) is -4.22. The van der Waals surface area contributed by atoms with E-state index in [1.807, 2.05) is 0 Å². The zero-order valence-corrected chi connectivity index (χ0v) is 16.2. The molecule has 0 N–H and O–H groups in total. The number of hydrogen-bond donors (Lipinski definition) is 0. The van der Waals surface area contributed by atoms with Gasteiger partial charge in [0, 0.05) is 18.7 Å². The molecule has 1 amide bonds. The molecule has 0 spiro atoms. The van der Waals surface area contributed by atoms with Crippen LogP contribution in [0, 0.1) is 0 Å². The van der Waals surface area contributed by atoms with E-state index in [1.54, 1.807) is 4.90 Å². The van der Waals surface area contributed by atoms with Crippen LogP contribution in [0.3, 0.4) is 0 Å². The van der Waals surface area contributed by atoms with Crippen molar-refractivity contribution < 1.29 is 26.4 Å². The van der Waals surface area contributed by atoms with Gasteiger partial charge in [0.25, 0.3) is 15.9 Å². The van der Waals surface area contributed by atoms with E-state index in [0.717, 1.165) is 28.9 Å². The number of likely N-dealkylation sites (tertiary alicyclic amines) is 1. The molecule has 0 radical (unpaired) electrons. The quantitative estimate of drug-likeness (QED) is 0.661. The van der Waals surface area contributed by atoms with Gasteiger partial charge in [-0.15, -0.1) is 6.58 Å². The molecular formula is C20H19F3N2O3S. The molecule has 1 heterocycles. The minimum atomic E-state index is -4.61. The molecule has 2 aromatic carbocycles. The van der Waals surface area contributed by atoms with E-state index in [-0.39, 0.29) is 28.6 Å². The molecule has 0 bridgehead atoms. The summed E-state index contributed by atoms with van der Waals surface area (Å²) in [6.45, 7) is 4.50. The van der Waals surface area contributed by atoms with Gasteiger partial charge in [0.05, 0.1) is 22.7 Å². The van der Waals surface area contributed by atoms with Crippen molar-refractivity contribution in [2.75, 3.05) is 23.9 Å². The minimum Gasteiger partial charge on any atom is -0.339 e. The van der Waals surface area contributed by atoms with Crippen LogP contribution in [0.4, 0.5) is 18.9 Å². The van der Waals surface area contributed by atoms with Crippen molar-refractivity contribution in [3.05, 3.63) is 72.3 Å². The van der Waals surface area contributed by atoms with Gasteiger partial charge in [-0.05, 0) is 42.8 Å². The SMILES string of the molecule is C=CCN(c1cccc(C(F)(F)F)c1)S(=O)(=O)c1cccc(C(=O)N2CCC2)c1. The second-order valence-electron chi connectivity index (χ2n) is 6.55. The Morgan fingerprint density at radius 1 is 1.14 bits per heavy atom. The van der Waals surface area contributed by atoms with Gasteiger partial charge >= 0.3 is 6.18 Å². The fourth-order valence-electron chi connectivity index (χ4n) is 2.92. The average Bonchev–Trinajstić information content (AvgIpc) is 2.64. The van der Waals surface area contributed by atoms with E-state index < -0.39 is 21.8 Å². The standard InChI is InChI=1S/C20H19F3N2O3S/c1-2-10-25(17-8-4-7-16(14-17)20(21,22)23)29(27,28)18-9-3-6-15(13-18)19(26)24-11-5-12-24/h2-4,6-9,13-14H,1,5,10-12H2. The Balaban J connectivity index is 2.01. The van der Waals surface area contributed by atoms with E-state index in [4.69, 9.17) is 0 Å².